The fourth-order valence-corrected chi connectivity index (χ4v) is 1.68. The molecule has 1 aromatic carbocycles. The van der Waals surface area contributed by atoms with Crippen LogP contribution in [-0.2, 0) is 7.05 Å². The Balaban J connectivity index is 2.13. The zero-order valence-electron chi connectivity index (χ0n) is 9.40. The molecule has 0 saturated heterocycles. The van der Waals surface area contributed by atoms with Crippen molar-refractivity contribution in [2.24, 2.45) is 7.05 Å². The summed E-state index contributed by atoms with van der Waals surface area (Å²) in [5.41, 5.74) is 1.69. The lowest BCUT2D eigenvalue weighted by Crippen LogP contribution is -1.86. The van der Waals surface area contributed by atoms with Crippen molar-refractivity contribution in [2.75, 3.05) is 0 Å². The molecule has 0 fully saturated rings. The molecule has 7 heteroatoms. The van der Waals surface area contributed by atoms with Gasteiger partial charge in [-0.1, -0.05) is 0 Å². The van der Waals surface area contributed by atoms with Crippen molar-refractivity contribution in [2.45, 2.75) is 0 Å². The van der Waals surface area contributed by atoms with Crippen LogP contribution in [0.3, 0.4) is 0 Å². The number of hydrogen-bond acceptors (Lipinski definition) is 5. The van der Waals surface area contributed by atoms with Crippen LogP contribution in [0.5, 0.6) is 0 Å². The van der Waals surface area contributed by atoms with Gasteiger partial charge >= 0.3 is 0 Å². The molecule has 2 heterocycles. The molecule has 0 atom stereocenters. The van der Waals surface area contributed by atoms with Crippen molar-refractivity contribution in [3.8, 4) is 11.5 Å². The van der Waals surface area contributed by atoms with Crippen LogP contribution >= 0.6 is 0 Å². The Labute approximate surface area is 101 Å². The minimum absolute atomic E-state index is 0.0172. The number of rotatable bonds is 2. The van der Waals surface area contributed by atoms with E-state index in [0.717, 1.165) is 5.56 Å². The summed E-state index contributed by atoms with van der Waals surface area (Å²) in [5.74, 6) is 0.401. The summed E-state index contributed by atoms with van der Waals surface area (Å²) in [4.78, 5) is 14.4. The van der Waals surface area contributed by atoms with Gasteiger partial charge in [0.15, 0.2) is 5.58 Å². The third-order valence-electron chi connectivity index (χ3n) is 2.53. The van der Waals surface area contributed by atoms with Crippen LogP contribution in [0.2, 0.25) is 0 Å². The highest BCUT2D eigenvalue weighted by molar-refractivity contribution is 5.78. The average Bonchev–Trinajstić information content (AvgIpc) is 2.93. The van der Waals surface area contributed by atoms with Crippen LogP contribution in [0.1, 0.15) is 0 Å². The number of non-ortho nitro benzene ring substituents is 1. The zero-order chi connectivity index (χ0) is 12.7. The largest absolute Gasteiger partial charge is 0.436 e. The number of aryl methyl sites for hydroxylation is 1. The van der Waals surface area contributed by atoms with Gasteiger partial charge in [-0.3, -0.25) is 14.8 Å². The molecule has 0 radical (unpaired) electrons. The van der Waals surface area contributed by atoms with Gasteiger partial charge < -0.3 is 4.42 Å². The second-order valence-electron chi connectivity index (χ2n) is 3.83. The lowest BCUT2D eigenvalue weighted by Gasteiger charge is -1.88. The second kappa shape index (κ2) is 3.66. The molecule has 7 nitrogen and oxygen atoms in total. The Morgan fingerprint density at radius 2 is 2.28 bits per heavy atom. The number of nitro groups is 1. The fourth-order valence-electron chi connectivity index (χ4n) is 1.68. The van der Waals surface area contributed by atoms with Gasteiger partial charge in [-0.05, 0) is 6.07 Å². The lowest BCUT2D eigenvalue weighted by atomic mass is 10.3. The Morgan fingerprint density at radius 3 is 2.94 bits per heavy atom. The van der Waals surface area contributed by atoms with E-state index in [1.165, 1.54) is 12.1 Å². The SMILES string of the molecule is Cn1cc(-c2nc3ccc([N+](=O)[O-])cc3o2)cn1. The molecule has 0 amide bonds. The molecule has 0 aliphatic carbocycles. The number of nitrogens with zero attached hydrogens (tertiary/aromatic N) is 4. The van der Waals surface area contributed by atoms with Crippen molar-refractivity contribution in [1.82, 2.24) is 14.8 Å². The van der Waals surface area contributed by atoms with Crippen LogP contribution in [0, 0.1) is 10.1 Å². The molecule has 0 aliphatic heterocycles. The van der Waals surface area contributed by atoms with E-state index >= 15 is 0 Å². The standard InChI is InChI=1S/C11H8N4O3/c1-14-6-7(5-12-14)11-13-9-3-2-8(15(16)17)4-10(9)18-11/h2-6H,1H3. The number of nitro benzene ring substituents is 1. The Kier molecular flexibility index (Phi) is 2.12. The minimum Gasteiger partial charge on any atom is -0.436 e. The maximum Gasteiger partial charge on any atom is 0.273 e. The van der Waals surface area contributed by atoms with E-state index in [1.807, 2.05) is 0 Å². The first-order valence-corrected chi connectivity index (χ1v) is 5.17. The summed E-state index contributed by atoms with van der Waals surface area (Å²) >= 11 is 0. The van der Waals surface area contributed by atoms with Gasteiger partial charge in [0.05, 0.1) is 22.7 Å². The van der Waals surface area contributed by atoms with Crippen molar-refractivity contribution in [3.05, 3.63) is 40.7 Å². The average molecular weight is 244 g/mol. The monoisotopic (exact) mass is 244 g/mol. The summed E-state index contributed by atoms with van der Waals surface area (Å²) < 4.78 is 7.12. The van der Waals surface area contributed by atoms with Gasteiger partial charge in [0.1, 0.15) is 5.52 Å². The van der Waals surface area contributed by atoms with Crippen molar-refractivity contribution < 1.29 is 9.34 Å². The van der Waals surface area contributed by atoms with E-state index in [1.54, 1.807) is 30.2 Å². The van der Waals surface area contributed by atoms with E-state index in [0.29, 0.717) is 17.0 Å². The number of fused-ring (bicyclic) bond motifs is 1. The van der Waals surface area contributed by atoms with Gasteiger partial charge in [0, 0.05) is 19.3 Å². The number of benzene rings is 1. The predicted molar refractivity (Wildman–Crippen MR) is 62.9 cm³/mol. The molecule has 18 heavy (non-hydrogen) atoms. The molecule has 0 saturated carbocycles. The van der Waals surface area contributed by atoms with Gasteiger partial charge in [-0.25, -0.2) is 4.98 Å². The summed E-state index contributed by atoms with van der Waals surface area (Å²) in [6.45, 7) is 0. The Hall–Kier alpha value is -2.70. The molecular formula is C11H8N4O3. The number of aromatic nitrogens is 3. The zero-order valence-corrected chi connectivity index (χ0v) is 9.40. The van der Waals surface area contributed by atoms with Crippen LogP contribution in [-0.4, -0.2) is 19.7 Å². The topological polar surface area (TPSA) is 87.0 Å². The second-order valence-corrected chi connectivity index (χ2v) is 3.83. The molecule has 2 aromatic heterocycles. The van der Waals surface area contributed by atoms with Crippen LogP contribution < -0.4 is 0 Å². The summed E-state index contributed by atoms with van der Waals surface area (Å²) in [5, 5.41) is 14.7. The van der Waals surface area contributed by atoms with Gasteiger partial charge in [0.25, 0.3) is 5.69 Å². The molecule has 90 valence electrons. The lowest BCUT2D eigenvalue weighted by molar-refractivity contribution is -0.384. The molecular weight excluding hydrogens is 236 g/mol. The van der Waals surface area contributed by atoms with E-state index in [4.69, 9.17) is 4.42 Å². The Bertz CT molecular complexity index is 744. The van der Waals surface area contributed by atoms with Crippen LogP contribution in [0.4, 0.5) is 5.69 Å². The molecule has 0 aliphatic rings. The van der Waals surface area contributed by atoms with E-state index in [2.05, 4.69) is 10.1 Å². The van der Waals surface area contributed by atoms with E-state index in [9.17, 15) is 10.1 Å². The van der Waals surface area contributed by atoms with Gasteiger partial charge in [-0.2, -0.15) is 5.10 Å². The molecule has 0 spiro atoms. The maximum atomic E-state index is 10.7. The summed E-state index contributed by atoms with van der Waals surface area (Å²) in [6, 6.07) is 4.33. The first-order valence-electron chi connectivity index (χ1n) is 5.17. The third kappa shape index (κ3) is 1.61. The molecule has 3 aromatic rings. The molecule has 0 bridgehead atoms. The van der Waals surface area contributed by atoms with Gasteiger partial charge in [0.2, 0.25) is 5.89 Å². The van der Waals surface area contributed by atoms with E-state index < -0.39 is 4.92 Å². The maximum absolute atomic E-state index is 10.7. The summed E-state index contributed by atoms with van der Waals surface area (Å²) in [7, 11) is 1.79. The van der Waals surface area contributed by atoms with Crippen molar-refractivity contribution >= 4 is 16.8 Å². The van der Waals surface area contributed by atoms with Crippen molar-refractivity contribution in [3.63, 3.8) is 0 Å². The normalized spacial score (nSPS) is 10.9. The smallest absolute Gasteiger partial charge is 0.273 e. The van der Waals surface area contributed by atoms with Crippen LogP contribution in [0.25, 0.3) is 22.6 Å². The van der Waals surface area contributed by atoms with Crippen molar-refractivity contribution in [1.29, 1.82) is 0 Å². The quantitative estimate of drug-likeness (QED) is 0.509. The minimum atomic E-state index is -0.467. The highest BCUT2D eigenvalue weighted by atomic mass is 16.6. The predicted octanol–water partition coefficient (Wildman–Crippen LogP) is 2.14. The fraction of sp³-hybridized carbons (Fsp3) is 0.0909. The highest BCUT2D eigenvalue weighted by Crippen LogP contribution is 2.26. The first kappa shape index (κ1) is 10.5. The molecule has 0 N–H and O–H groups in total. The summed E-state index contributed by atoms with van der Waals surface area (Å²) in [6.07, 6.45) is 3.39. The van der Waals surface area contributed by atoms with Crippen LogP contribution in [0.15, 0.2) is 35.0 Å². The highest BCUT2D eigenvalue weighted by Gasteiger charge is 2.13. The van der Waals surface area contributed by atoms with E-state index in [-0.39, 0.29) is 5.69 Å². The molecule has 3 rings (SSSR count). The number of oxazole rings is 1. The molecule has 0 unspecified atom stereocenters. The van der Waals surface area contributed by atoms with Gasteiger partial charge in [-0.15, -0.1) is 0 Å². The first-order chi connectivity index (χ1) is 8.63. The third-order valence-corrected chi connectivity index (χ3v) is 2.53. The number of hydrogen-bond donors (Lipinski definition) is 0. The Morgan fingerprint density at radius 1 is 1.44 bits per heavy atom.